The molecule has 0 aliphatic carbocycles. The smallest absolute Gasteiger partial charge is 0.266 e. The third kappa shape index (κ3) is 6.51. The van der Waals surface area contributed by atoms with Crippen LogP contribution in [0.1, 0.15) is 11.1 Å². The maximum Gasteiger partial charge on any atom is 0.266 e. The van der Waals surface area contributed by atoms with E-state index in [4.69, 9.17) is 25.8 Å². The van der Waals surface area contributed by atoms with Crippen molar-refractivity contribution in [1.29, 1.82) is 5.26 Å². The molecule has 168 valence electrons. The predicted molar refractivity (Wildman–Crippen MR) is 132 cm³/mol. The molecule has 3 aromatic rings. The van der Waals surface area contributed by atoms with E-state index in [-0.39, 0.29) is 5.57 Å². The van der Waals surface area contributed by atoms with Gasteiger partial charge in [0, 0.05) is 10.7 Å². The lowest BCUT2D eigenvalue weighted by atomic mass is 10.1. The molecular formula is C25H20BrClN2O4. The first-order valence-electron chi connectivity index (χ1n) is 9.75. The van der Waals surface area contributed by atoms with Crippen LogP contribution in [0, 0.1) is 11.3 Å². The summed E-state index contributed by atoms with van der Waals surface area (Å²) in [6.45, 7) is 0.394. The van der Waals surface area contributed by atoms with E-state index in [1.807, 2.05) is 18.2 Å². The highest BCUT2D eigenvalue weighted by atomic mass is 79.9. The zero-order valence-corrected chi connectivity index (χ0v) is 20.2. The average molecular weight is 528 g/mol. The maximum atomic E-state index is 12.6. The summed E-state index contributed by atoms with van der Waals surface area (Å²) in [7, 11) is 3.04. The van der Waals surface area contributed by atoms with Gasteiger partial charge in [0.25, 0.3) is 5.91 Å². The molecule has 6 nitrogen and oxygen atoms in total. The second-order valence-corrected chi connectivity index (χ2v) is 8.09. The highest BCUT2D eigenvalue weighted by molar-refractivity contribution is 9.10. The summed E-state index contributed by atoms with van der Waals surface area (Å²) < 4.78 is 17.0. The first-order valence-corrected chi connectivity index (χ1v) is 10.9. The van der Waals surface area contributed by atoms with Gasteiger partial charge in [-0.05, 0) is 81.7 Å². The van der Waals surface area contributed by atoms with E-state index in [0.717, 1.165) is 5.56 Å². The highest BCUT2D eigenvalue weighted by Crippen LogP contribution is 2.36. The summed E-state index contributed by atoms with van der Waals surface area (Å²) >= 11 is 9.29. The zero-order chi connectivity index (χ0) is 23.8. The van der Waals surface area contributed by atoms with Crippen molar-refractivity contribution in [2.75, 3.05) is 19.5 Å². The summed E-state index contributed by atoms with van der Waals surface area (Å²) in [6, 6.07) is 19.6. The molecule has 33 heavy (non-hydrogen) atoms. The molecule has 0 unspecified atom stereocenters. The van der Waals surface area contributed by atoms with Gasteiger partial charge in [-0.1, -0.05) is 23.7 Å². The molecule has 3 rings (SSSR count). The van der Waals surface area contributed by atoms with Crippen molar-refractivity contribution in [2.24, 2.45) is 0 Å². The largest absolute Gasteiger partial charge is 0.493 e. The van der Waals surface area contributed by atoms with Crippen LogP contribution in [-0.2, 0) is 11.4 Å². The number of carbonyl (C=O) groups excluding carboxylic acids is 1. The molecule has 0 spiro atoms. The lowest BCUT2D eigenvalue weighted by molar-refractivity contribution is -0.112. The molecule has 0 saturated carbocycles. The van der Waals surface area contributed by atoms with Gasteiger partial charge >= 0.3 is 0 Å². The second kappa shape index (κ2) is 11.4. The van der Waals surface area contributed by atoms with E-state index < -0.39 is 5.91 Å². The topological polar surface area (TPSA) is 80.6 Å². The van der Waals surface area contributed by atoms with Gasteiger partial charge in [-0.2, -0.15) is 5.26 Å². The maximum absolute atomic E-state index is 12.6. The molecule has 1 N–H and O–H groups in total. The van der Waals surface area contributed by atoms with Crippen molar-refractivity contribution in [1.82, 2.24) is 0 Å². The van der Waals surface area contributed by atoms with Gasteiger partial charge in [0.05, 0.1) is 18.7 Å². The average Bonchev–Trinajstić information content (AvgIpc) is 2.82. The second-order valence-electron chi connectivity index (χ2n) is 6.80. The molecule has 0 atom stereocenters. The number of benzene rings is 3. The van der Waals surface area contributed by atoms with Crippen LogP contribution < -0.4 is 19.5 Å². The van der Waals surface area contributed by atoms with Crippen LogP contribution in [-0.4, -0.2) is 20.1 Å². The van der Waals surface area contributed by atoms with Gasteiger partial charge in [-0.3, -0.25) is 4.79 Å². The lowest BCUT2D eigenvalue weighted by Gasteiger charge is -2.11. The normalized spacial score (nSPS) is 10.8. The van der Waals surface area contributed by atoms with Crippen LogP contribution in [0.5, 0.6) is 17.2 Å². The first kappa shape index (κ1) is 24.2. The molecule has 0 fully saturated rings. The molecule has 8 heteroatoms. The fraction of sp³-hybridized carbons (Fsp3) is 0.120. The minimum Gasteiger partial charge on any atom is -0.493 e. The number of amides is 1. The van der Waals surface area contributed by atoms with Crippen LogP contribution in [0.4, 0.5) is 5.69 Å². The van der Waals surface area contributed by atoms with Gasteiger partial charge in [-0.25, -0.2) is 0 Å². The number of hydrogen-bond acceptors (Lipinski definition) is 5. The molecule has 0 bridgehead atoms. The lowest BCUT2D eigenvalue weighted by Crippen LogP contribution is -2.13. The number of halogens is 2. The number of methoxy groups -OCH3 is 2. The van der Waals surface area contributed by atoms with Crippen LogP contribution in [0.3, 0.4) is 0 Å². The van der Waals surface area contributed by atoms with Gasteiger partial charge in [-0.15, -0.1) is 0 Å². The SMILES string of the molecule is COc1cc(/C=C(\C#N)C(=O)Nc2ccc(OCc3ccc(Cl)cc3)cc2)cc(Br)c1OC. The van der Waals surface area contributed by atoms with Gasteiger partial charge in [0.2, 0.25) is 0 Å². The molecule has 0 heterocycles. The van der Waals surface area contributed by atoms with Crippen molar-refractivity contribution in [2.45, 2.75) is 6.61 Å². The van der Waals surface area contributed by atoms with Crippen molar-refractivity contribution in [3.63, 3.8) is 0 Å². The predicted octanol–water partition coefficient (Wildman–Crippen LogP) is 6.24. The number of nitrogens with one attached hydrogen (secondary N) is 1. The minimum atomic E-state index is -0.529. The van der Waals surface area contributed by atoms with E-state index in [0.29, 0.717) is 44.6 Å². The van der Waals surface area contributed by atoms with Crippen molar-refractivity contribution < 1.29 is 19.0 Å². The molecule has 1 amide bonds. The summed E-state index contributed by atoms with van der Waals surface area (Å²) in [5, 5.41) is 12.9. The number of anilines is 1. The Bertz CT molecular complexity index is 1200. The molecular weight excluding hydrogens is 508 g/mol. The Labute approximate surface area is 205 Å². The summed E-state index contributed by atoms with van der Waals surface area (Å²) in [5.74, 6) is 1.12. The van der Waals surface area contributed by atoms with E-state index >= 15 is 0 Å². The molecule has 0 saturated heterocycles. The number of hydrogen-bond donors (Lipinski definition) is 1. The van der Waals surface area contributed by atoms with E-state index in [1.54, 1.807) is 48.5 Å². The Kier molecular flexibility index (Phi) is 8.36. The number of nitrogens with zero attached hydrogens (tertiary/aromatic N) is 1. The van der Waals surface area contributed by atoms with Gasteiger partial charge < -0.3 is 19.5 Å². The zero-order valence-electron chi connectivity index (χ0n) is 17.9. The standard InChI is InChI=1S/C25H20BrClN2O4/c1-31-23-13-17(12-22(26)24(23)32-2)11-18(14-28)25(30)29-20-7-9-21(10-8-20)33-15-16-3-5-19(27)6-4-16/h3-13H,15H2,1-2H3,(H,29,30)/b18-11+. The van der Waals surface area contributed by atoms with E-state index in [1.165, 1.54) is 20.3 Å². The quantitative estimate of drug-likeness (QED) is 0.277. The monoisotopic (exact) mass is 526 g/mol. The summed E-state index contributed by atoms with van der Waals surface area (Å²) in [6.07, 6.45) is 1.48. The Morgan fingerprint density at radius 2 is 1.79 bits per heavy atom. The van der Waals surface area contributed by atoms with Gasteiger partial charge in [0.1, 0.15) is 24.0 Å². The van der Waals surface area contributed by atoms with E-state index in [9.17, 15) is 10.1 Å². The number of rotatable bonds is 8. The van der Waals surface area contributed by atoms with Crippen molar-refractivity contribution in [3.05, 3.63) is 86.9 Å². The summed E-state index contributed by atoms with van der Waals surface area (Å²) in [5.41, 5.74) is 2.07. The summed E-state index contributed by atoms with van der Waals surface area (Å²) in [4.78, 5) is 12.6. The van der Waals surface area contributed by atoms with Crippen LogP contribution in [0.15, 0.2) is 70.7 Å². The van der Waals surface area contributed by atoms with Crippen molar-refractivity contribution >= 4 is 45.2 Å². The number of nitriles is 1. The van der Waals surface area contributed by atoms with Crippen LogP contribution >= 0.6 is 27.5 Å². The third-order valence-corrected chi connectivity index (χ3v) is 5.40. The Hall–Kier alpha value is -3.47. The van der Waals surface area contributed by atoms with E-state index in [2.05, 4.69) is 21.2 Å². The minimum absolute atomic E-state index is 0.0582. The molecule has 0 aromatic heterocycles. The molecule has 0 aliphatic rings. The number of carbonyl (C=O) groups is 1. The highest BCUT2D eigenvalue weighted by Gasteiger charge is 2.13. The van der Waals surface area contributed by atoms with Crippen molar-refractivity contribution in [3.8, 4) is 23.3 Å². The molecule has 0 aliphatic heterocycles. The molecule has 3 aromatic carbocycles. The number of ether oxygens (including phenoxy) is 3. The van der Waals surface area contributed by atoms with Gasteiger partial charge in [0.15, 0.2) is 11.5 Å². The Balaban J connectivity index is 1.67. The fourth-order valence-electron chi connectivity index (χ4n) is 2.92. The Morgan fingerprint density at radius 3 is 2.39 bits per heavy atom. The third-order valence-electron chi connectivity index (χ3n) is 4.56. The van der Waals surface area contributed by atoms with Crippen LogP contribution in [0.25, 0.3) is 6.08 Å². The fourth-order valence-corrected chi connectivity index (χ4v) is 3.66. The first-order chi connectivity index (χ1) is 15.9. The van der Waals surface area contributed by atoms with Crippen LogP contribution in [0.2, 0.25) is 5.02 Å². The molecule has 0 radical (unpaired) electrons. The Morgan fingerprint density at radius 1 is 1.09 bits per heavy atom.